The van der Waals surface area contributed by atoms with Crippen molar-refractivity contribution in [3.63, 3.8) is 0 Å². The Bertz CT molecular complexity index is 687. The molecule has 7 nitrogen and oxygen atoms in total. The Hall–Kier alpha value is -1.99. The summed E-state index contributed by atoms with van der Waals surface area (Å²) in [7, 11) is 9.32. The van der Waals surface area contributed by atoms with Crippen LogP contribution >= 0.6 is 0 Å². The molecule has 0 spiro atoms. The summed E-state index contributed by atoms with van der Waals surface area (Å²) in [5.41, 5.74) is 1.48. The fraction of sp³-hybridized carbons (Fsp3) is 0.708. The van der Waals surface area contributed by atoms with Crippen molar-refractivity contribution < 1.29 is 14.2 Å². The molecule has 1 atom stereocenters. The lowest BCUT2D eigenvalue weighted by atomic mass is 9.83. The SMILES string of the molecule is CCOCCC1(CNC(=NC)NCC(c2ccc(OC)c(OC)c2)N(C)C)CCCC1. The largest absolute Gasteiger partial charge is 0.493 e. The number of hydrogen-bond donors (Lipinski definition) is 2. The molecule has 7 heteroatoms. The molecule has 0 radical (unpaired) electrons. The first-order valence-electron chi connectivity index (χ1n) is 11.4. The molecule has 1 fully saturated rings. The van der Waals surface area contributed by atoms with Crippen molar-refractivity contribution in [3.8, 4) is 11.5 Å². The van der Waals surface area contributed by atoms with Gasteiger partial charge in [-0.05, 0) is 63.4 Å². The van der Waals surface area contributed by atoms with Gasteiger partial charge in [-0.15, -0.1) is 0 Å². The number of hydrogen-bond acceptors (Lipinski definition) is 5. The van der Waals surface area contributed by atoms with Crippen molar-refractivity contribution in [2.75, 3.05) is 61.7 Å². The van der Waals surface area contributed by atoms with Crippen LogP contribution < -0.4 is 20.1 Å². The van der Waals surface area contributed by atoms with Crippen LogP contribution in [0.15, 0.2) is 23.2 Å². The highest BCUT2D eigenvalue weighted by Crippen LogP contribution is 2.40. The third kappa shape index (κ3) is 7.28. The number of rotatable bonds is 12. The van der Waals surface area contributed by atoms with Gasteiger partial charge in [-0.3, -0.25) is 4.99 Å². The zero-order valence-electron chi connectivity index (χ0n) is 20.3. The van der Waals surface area contributed by atoms with Crippen LogP contribution in [0.25, 0.3) is 0 Å². The van der Waals surface area contributed by atoms with Crippen LogP contribution in [0.4, 0.5) is 0 Å². The maximum Gasteiger partial charge on any atom is 0.191 e. The first-order chi connectivity index (χ1) is 15.0. The molecule has 0 amide bonds. The van der Waals surface area contributed by atoms with Crippen LogP contribution in [0.5, 0.6) is 11.5 Å². The lowest BCUT2D eigenvalue weighted by Crippen LogP contribution is -2.45. The number of benzene rings is 1. The van der Waals surface area contributed by atoms with Gasteiger partial charge in [0.25, 0.3) is 0 Å². The average molecular weight is 435 g/mol. The summed E-state index contributed by atoms with van der Waals surface area (Å²) < 4.78 is 16.5. The second-order valence-corrected chi connectivity index (χ2v) is 8.55. The molecular weight excluding hydrogens is 392 g/mol. The molecule has 176 valence electrons. The van der Waals surface area contributed by atoms with Gasteiger partial charge in [0, 0.05) is 33.4 Å². The third-order valence-corrected chi connectivity index (χ3v) is 6.38. The van der Waals surface area contributed by atoms with E-state index in [1.54, 1.807) is 14.2 Å². The molecule has 31 heavy (non-hydrogen) atoms. The van der Waals surface area contributed by atoms with Gasteiger partial charge < -0.3 is 29.7 Å². The first kappa shape index (κ1) is 25.3. The van der Waals surface area contributed by atoms with Crippen LogP contribution in [0.2, 0.25) is 0 Å². The molecule has 0 bridgehead atoms. The van der Waals surface area contributed by atoms with E-state index in [0.29, 0.717) is 5.41 Å². The minimum absolute atomic E-state index is 0.164. The van der Waals surface area contributed by atoms with Gasteiger partial charge in [-0.25, -0.2) is 0 Å². The summed E-state index contributed by atoms with van der Waals surface area (Å²) in [6.45, 7) is 5.35. The summed E-state index contributed by atoms with van der Waals surface area (Å²) in [4.78, 5) is 6.66. The average Bonchev–Trinajstić information content (AvgIpc) is 3.24. The van der Waals surface area contributed by atoms with E-state index in [4.69, 9.17) is 14.2 Å². The molecule has 1 saturated carbocycles. The molecule has 0 aliphatic heterocycles. The molecule has 2 N–H and O–H groups in total. The highest BCUT2D eigenvalue weighted by Gasteiger charge is 2.33. The van der Waals surface area contributed by atoms with Gasteiger partial charge in [0.2, 0.25) is 0 Å². The minimum Gasteiger partial charge on any atom is -0.493 e. The normalized spacial score (nSPS) is 16.9. The van der Waals surface area contributed by atoms with Gasteiger partial charge in [-0.2, -0.15) is 0 Å². The molecule has 1 aromatic rings. The van der Waals surface area contributed by atoms with E-state index in [0.717, 1.165) is 55.7 Å². The lowest BCUT2D eigenvalue weighted by Gasteiger charge is -2.31. The van der Waals surface area contributed by atoms with Crippen molar-refractivity contribution >= 4 is 5.96 Å². The Morgan fingerprint density at radius 2 is 1.84 bits per heavy atom. The Balaban J connectivity index is 1.99. The number of nitrogens with one attached hydrogen (secondary N) is 2. The number of ether oxygens (including phenoxy) is 3. The van der Waals surface area contributed by atoms with Crippen LogP contribution in [0.3, 0.4) is 0 Å². The van der Waals surface area contributed by atoms with Gasteiger partial charge >= 0.3 is 0 Å². The monoisotopic (exact) mass is 434 g/mol. The highest BCUT2D eigenvalue weighted by atomic mass is 16.5. The Morgan fingerprint density at radius 1 is 1.13 bits per heavy atom. The zero-order chi connectivity index (χ0) is 22.7. The molecule has 1 aliphatic carbocycles. The molecule has 1 unspecified atom stereocenters. The predicted octanol–water partition coefficient (Wildman–Crippen LogP) is 3.46. The fourth-order valence-corrected chi connectivity index (χ4v) is 4.42. The summed E-state index contributed by atoms with van der Waals surface area (Å²) in [5, 5.41) is 7.10. The molecular formula is C24H42N4O3. The van der Waals surface area contributed by atoms with Crippen molar-refractivity contribution in [1.29, 1.82) is 0 Å². The maximum absolute atomic E-state index is 5.64. The summed E-state index contributed by atoms with van der Waals surface area (Å²) in [5.74, 6) is 2.32. The Labute approximate surface area is 188 Å². The summed E-state index contributed by atoms with van der Waals surface area (Å²) >= 11 is 0. The summed E-state index contributed by atoms with van der Waals surface area (Å²) in [6, 6.07) is 6.25. The van der Waals surface area contributed by atoms with Crippen molar-refractivity contribution in [1.82, 2.24) is 15.5 Å². The van der Waals surface area contributed by atoms with Crippen molar-refractivity contribution in [3.05, 3.63) is 23.8 Å². The number of aliphatic imine (C=N–C) groups is 1. The fourth-order valence-electron chi connectivity index (χ4n) is 4.42. The zero-order valence-corrected chi connectivity index (χ0v) is 20.3. The van der Waals surface area contributed by atoms with E-state index in [2.05, 4.69) is 47.6 Å². The van der Waals surface area contributed by atoms with Crippen LogP contribution in [0.1, 0.15) is 50.6 Å². The highest BCUT2D eigenvalue weighted by molar-refractivity contribution is 5.79. The van der Waals surface area contributed by atoms with Crippen molar-refractivity contribution in [2.24, 2.45) is 10.4 Å². The molecule has 2 rings (SSSR count). The first-order valence-corrected chi connectivity index (χ1v) is 11.4. The van der Waals surface area contributed by atoms with Crippen LogP contribution in [-0.4, -0.2) is 72.5 Å². The maximum atomic E-state index is 5.64. The number of nitrogens with zero attached hydrogens (tertiary/aromatic N) is 2. The standard InChI is InChI=1S/C24H42N4O3/c1-7-31-15-14-24(12-8-9-13-24)18-27-23(25-2)26-17-20(28(3)4)19-10-11-21(29-5)22(16-19)30-6/h10-11,16,20H,7-9,12-15,17-18H2,1-6H3,(H2,25,26,27). The second-order valence-electron chi connectivity index (χ2n) is 8.55. The van der Waals surface area contributed by atoms with E-state index < -0.39 is 0 Å². The summed E-state index contributed by atoms with van der Waals surface area (Å²) in [6.07, 6.45) is 6.24. The molecule has 1 aliphatic rings. The van der Waals surface area contributed by atoms with Gasteiger partial charge in [0.15, 0.2) is 17.5 Å². The quantitative estimate of drug-likeness (QED) is 0.298. The van der Waals surface area contributed by atoms with Crippen molar-refractivity contribution in [2.45, 2.75) is 45.1 Å². The van der Waals surface area contributed by atoms with E-state index >= 15 is 0 Å². The Morgan fingerprint density at radius 3 is 2.42 bits per heavy atom. The number of methoxy groups -OCH3 is 2. The van der Waals surface area contributed by atoms with Gasteiger partial charge in [0.1, 0.15) is 0 Å². The third-order valence-electron chi connectivity index (χ3n) is 6.38. The van der Waals surface area contributed by atoms with E-state index in [9.17, 15) is 0 Å². The Kier molecular flexibility index (Phi) is 10.4. The second kappa shape index (κ2) is 12.8. The smallest absolute Gasteiger partial charge is 0.191 e. The van der Waals surface area contributed by atoms with Crippen LogP contribution in [0, 0.1) is 5.41 Å². The topological polar surface area (TPSA) is 67.3 Å². The molecule has 0 heterocycles. The number of likely N-dealkylation sites (N-methyl/N-ethyl adjacent to an activating group) is 1. The number of guanidine groups is 1. The lowest BCUT2D eigenvalue weighted by molar-refractivity contribution is 0.105. The van der Waals surface area contributed by atoms with Gasteiger partial charge in [0.05, 0.1) is 20.3 Å². The van der Waals surface area contributed by atoms with Crippen LogP contribution in [-0.2, 0) is 4.74 Å². The minimum atomic E-state index is 0.164. The molecule has 1 aromatic carbocycles. The van der Waals surface area contributed by atoms with E-state index in [1.165, 1.54) is 25.7 Å². The molecule has 0 aromatic heterocycles. The van der Waals surface area contributed by atoms with E-state index in [-0.39, 0.29) is 6.04 Å². The molecule has 0 saturated heterocycles. The van der Waals surface area contributed by atoms with Gasteiger partial charge in [-0.1, -0.05) is 18.9 Å². The van der Waals surface area contributed by atoms with E-state index in [1.807, 2.05) is 19.2 Å². The predicted molar refractivity (Wildman–Crippen MR) is 127 cm³/mol.